The number of halogens is 2. The Kier molecular flexibility index (Phi) is 6.62. The van der Waals surface area contributed by atoms with Crippen molar-refractivity contribution in [1.29, 1.82) is 0 Å². The van der Waals surface area contributed by atoms with E-state index in [-0.39, 0.29) is 24.5 Å². The Morgan fingerprint density at radius 3 is 2.56 bits per heavy atom. The van der Waals surface area contributed by atoms with Gasteiger partial charge < -0.3 is 10.6 Å². The summed E-state index contributed by atoms with van der Waals surface area (Å²) in [4.78, 5) is 33.6. The minimum Gasteiger partial charge on any atom is -0.359 e. The number of rotatable bonds is 8. The predicted octanol–water partition coefficient (Wildman–Crippen LogP) is 3.62. The number of alkyl halides is 2. The number of nitrogens with zero attached hydrogens (tertiary/aromatic N) is 3. The molecule has 0 aliphatic carbocycles. The number of carbonyl (C=O) groups is 1. The van der Waals surface area contributed by atoms with Crippen LogP contribution in [0.4, 0.5) is 14.6 Å². The fraction of sp³-hybridized carbons (Fsp3) is 0.200. The molecule has 0 saturated carbocycles. The van der Waals surface area contributed by atoms with Crippen LogP contribution in [0.2, 0.25) is 0 Å². The zero-order valence-corrected chi connectivity index (χ0v) is 18.5. The first-order chi connectivity index (χ1) is 16.3. The molecule has 2 N–H and O–H groups in total. The molecule has 174 valence electrons. The molecule has 4 aromatic rings. The van der Waals surface area contributed by atoms with E-state index in [4.69, 9.17) is 0 Å². The van der Waals surface area contributed by atoms with Crippen molar-refractivity contribution in [3.05, 3.63) is 100 Å². The van der Waals surface area contributed by atoms with Gasteiger partial charge in [-0.2, -0.15) is 8.78 Å². The Balaban J connectivity index is 1.44. The fourth-order valence-corrected chi connectivity index (χ4v) is 3.58. The van der Waals surface area contributed by atoms with Gasteiger partial charge in [0.1, 0.15) is 6.54 Å². The van der Waals surface area contributed by atoms with Gasteiger partial charge in [-0.05, 0) is 17.9 Å². The summed E-state index contributed by atoms with van der Waals surface area (Å²) in [6, 6.07) is 15.0. The lowest BCUT2D eigenvalue weighted by Gasteiger charge is -2.18. The van der Waals surface area contributed by atoms with Crippen molar-refractivity contribution in [2.45, 2.75) is 25.9 Å². The first-order valence-electron chi connectivity index (χ1n) is 10.7. The van der Waals surface area contributed by atoms with E-state index >= 15 is 0 Å². The third kappa shape index (κ3) is 5.09. The van der Waals surface area contributed by atoms with Crippen LogP contribution in [0.5, 0.6) is 0 Å². The van der Waals surface area contributed by atoms with Crippen molar-refractivity contribution in [3.8, 4) is 0 Å². The Labute approximate surface area is 194 Å². The van der Waals surface area contributed by atoms with Crippen molar-refractivity contribution >= 4 is 22.5 Å². The van der Waals surface area contributed by atoms with E-state index in [0.717, 1.165) is 16.3 Å². The highest BCUT2D eigenvalue weighted by molar-refractivity contribution is 5.85. The first-order valence-corrected chi connectivity index (χ1v) is 10.7. The Bertz CT molecular complexity index is 1370. The second-order valence-electron chi connectivity index (χ2n) is 7.86. The molecule has 0 radical (unpaired) electrons. The van der Waals surface area contributed by atoms with Crippen LogP contribution in [0.25, 0.3) is 10.8 Å². The van der Waals surface area contributed by atoms with Crippen molar-refractivity contribution in [2.24, 2.45) is 0 Å². The first kappa shape index (κ1) is 23.0. The summed E-state index contributed by atoms with van der Waals surface area (Å²) in [7, 11) is 0. The molecule has 0 saturated heterocycles. The molecular weight excluding hydrogens is 440 g/mol. The number of pyridine rings is 1. The molecule has 0 aliphatic rings. The number of aryl methyl sites for hydroxylation is 1. The number of amides is 1. The molecule has 4 rings (SSSR count). The minimum absolute atomic E-state index is 0.169. The summed E-state index contributed by atoms with van der Waals surface area (Å²) in [5.41, 5.74) is 0.464. The van der Waals surface area contributed by atoms with Crippen LogP contribution in [0.3, 0.4) is 0 Å². The number of aromatic nitrogens is 3. The van der Waals surface area contributed by atoms with Crippen molar-refractivity contribution in [3.63, 3.8) is 0 Å². The van der Waals surface area contributed by atoms with E-state index in [1.165, 1.54) is 35.0 Å². The molecule has 1 amide bonds. The van der Waals surface area contributed by atoms with Gasteiger partial charge in [0.25, 0.3) is 11.5 Å². The molecule has 9 heteroatoms. The van der Waals surface area contributed by atoms with Crippen LogP contribution >= 0.6 is 0 Å². The Morgan fingerprint density at radius 1 is 1.03 bits per heavy atom. The van der Waals surface area contributed by atoms with E-state index in [2.05, 4.69) is 20.6 Å². The van der Waals surface area contributed by atoms with Crippen molar-refractivity contribution in [2.75, 3.05) is 11.9 Å². The highest BCUT2D eigenvalue weighted by Gasteiger charge is 2.31. The second-order valence-corrected chi connectivity index (χ2v) is 7.86. The maximum absolute atomic E-state index is 14.5. The van der Waals surface area contributed by atoms with Crippen molar-refractivity contribution in [1.82, 2.24) is 19.9 Å². The van der Waals surface area contributed by atoms with Gasteiger partial charge in [0.05, 0.1) is 6.54 Å². The molecule has 0 unspecified atom stereocenters. The van der Waals surface area contributed by atoms with E-state index in [1.54, 1.807) is 25.4 Å². The van der Waals surface area contributed by atoms with Crippen LogP contribution < -0.4 is 16.2 Å². The number of benzene rings is 2. The van der Waals surface area contributed by atoms with E-state index < -0.39 is 23.9 Å². The van der Waals surface area contributed by atoms with E-state index in [0.29, 0.717) is 5.69 Å². The SMILES string of the molecule is Cc1cnc(NCC(F)(F)c2ccccc2)c(=O)n1CC(=O)NCc1cncc2ccccc12. The quantitative estimate of drug-likeness (QED) is 0.417. The summed E-state index contributed by atoms with van der Waals surface area (Å²) in [5.74, 6) is -3.84. The zero-order valence-electron chi connectivity index (χ0n) is 18.5. The summed E-state index contributed by atoms with van der Waals surface area (Å²) in [6.45, 7) is 0.789. The number of hydrogen-bond donors (Lipinski definition) is 2. The third-order valence-electron chi connectivity index (χ3n) is 5.46. The molecule has 0 atom stereocenters. The number of nitrogens with one attached hydrogen (secondary N) is 2. The largest absolute Gasteiger partial charge is 0.359 e. The number of anilines is 1. The van der Waals surface area contributed by atoms with Crippen LogP contribution in [0, 0.1) is 6.92 Å². The highest BCUT2D eigenvalue weighted by Crippen LogP contribution is 2.27. The summed E-state index contributed by atoms with van der Waals surface area (Å²) in [6.07, 6.45) is 4.80. The predicted molar refractivity (Wildman–Crippen MR) is 126 cm³/mol. The van der Waals surface area contributed by atoms with Gasteiger partial charge in [-0.1, -0.05) is 54.6 Å². The lowest BCUT2D eigenvalue weighted by atomic mass is 10.1. The van der Waals surface area contributed by atoms with Gasteiger partial charge in [0.2, 0.25) is 5.91 Å². The zero-order chi connectivity index (χ0) is 24.1. The van der Waals surface area contributed by atoms with Gasteiger partial charge in [0.15, 0.2) is 5.82 Å². The maximum Gasteiger partial charge on any atom is 0.293 e. The lowest BCUT2D eigenvalue weighted by molar-refractivity contribution is -0.121. The van der Waals surface area contributed by atoms with E-state index in [9.17, 15) is 18.4 Å². The van der Waals surface area contributed by atoms with Crippen LogP contribution in [0.1, 0.15) is 16.8 Å². The van der Waals surface area contributed by atoms with Gasteiger partial charge in [-0.3, -0.25) is 19.1 Å². The molecule has 2 heterocycles. The van der Waals surface area contributed by atoms with Gasteiger partial charge in [-0.25, -0.2) is 4.98 Å². The summed E-state index contributed by atoms with van der Waals surface area (Å²) >= 11 is 0. The monoisotopic (exact) mass is 463 g/mol. The van der Waals surface area contributed by atoms with Crippen LogP contribution in [-0.2, 0) is 23.8 Å². The smallest absolute Gasteiger partial charge is 0.293 e. The lowest BCUT2D eigenvalue weighted by Crippen LogP contribution is -2.35. The van der Waals surface area contributed by atoms with Crippen molar-refractivity contribution < 1.29 is 13.6 Å². The molecule has 2 aromatic carbocycles. The van der Waals surface area contributed by atoms with E-state index in [1.807, 2.05) is 24.3 Å². The fourth-order valence-electron chi connectivity index (χ4n) is 3.58. The van der Waals surface area contributed by atoms with Crippen LogP contribution in [0.15, 0.2) is 78.0 Å². The topological polar surface area (TPSA) is 88.9 Å². The number of carbonyl (C=O) groups excluding carboxylic acids is 1. The van der Waals surface area contributed by atoms with Gasteiger partial charge in [-0.15, -0.1) is 0 Å². The average Bonchev–Trinajstić information content (AvgIpc) is 2.85. The molecule has 2 aromatic heterocycles. The van der Waals surface area contributed by atoms with Gasteiger partial charge in [0, 0.05) is 41.8 Å². The Hall–Kier alpha value is -4.14. The summed E-state index contributed by atoms with van der Waals surface area (Å²) < 4.78 is 30.1. The summed E-state index contributed by atoms with van der Waals surface area (Å²) in [5, 5.41) is 7.16. The normalized spacial score (nSPS) is 11.4. The average molecular weight is 463 g/mol. The molecule has 34 heavy (non-hydrogen) atoms. The number of fused-ring (bicyclic) bond motifs is 1. The Morgan fingerprint density at radius 2 is 1.76 bits per heavy atom. The second kappa shape index (κ2) is 9.78. The molecule has 0 bridgehead atoms. The molecule has 7 nitrogen and oxygen atoms in total. The standard InChI is InChI=1S/C25H23F2N5O2/c1-17-11-30-23(31-16-25(26,27)20-8-3-2-4-9-20)24(34)32(17)15-22(33)29-14-19-13-28-12-18-7-5-6-10-21(18)19/h2-13H,14-16H2,1H3,(H,29,33)(H,30,31). The van der Waals surface area contributed by atoms with Crippen LogP contribution in [-0.4, -0.2) is 27.0 Å². The molecule has 0 fully saturated rings. The minimum atomic E-state index is -3.20. The highest BCUT2D eigenvalue weighted by atomic mass is 19.3. The molecular formula is C25H23F2N5O2. The van der Waals surface area contributed by atoms with Gasteiger partial charge >= 0.3 is 0 Å². The third-order valence-corrected chi connectivity index (χ3v) is 5.46. The number of hydrogen-bond acceptors (Lipinski definition) is 5. The molecule has 0 aliphatic heterocycles. The molecule has 0 spiro atoms. The maximum atomic E-state index is 14.5.